The Bertz CT molecular complexity index is 856. The molecule has 1 aromatic carbocycles. The first kappa shape index (κ1) is 13.2. The van der Waals surface area contributed by atoms with Crippen molar-refractivity contribution >= 4 is 43.0 Å². The molecular weight excluding hydrogens is 308 g/mol. The Morgan fingerprint density at radius 1 is 1.33 bits per heavy atom. The van der Waals surface area contributed by atoms with Gasteiger partial charge < -0.3 is 4.90 Å². The number of carbonyl (C=O) groups is 1. The largest absolute Gasteiger partial charge is 0.308 e. The molecule has 3 heterocycles. The van der Waals surface area contributed by atoms with E-state index in [0.29, 0.717) is 6.42 Å². The summed E-state index contributed by atoms with van der Waals surface area (Å²) in [6.45, 7) is 1.95. The third-order valence-corrected chi connectivity index (χ3v) is 6.95. The average Bonchev–Trinajstić information content (AvgIpc) is 2.96. The fourth-order valence-electron chi connectivity index (χ4n) is 3.40. The lowest BCUT2D eigenvalue weighted by Crippen LogP contribution is -2.36. The molecule has 2 aliphatic heterocycles. The lowest BCUT2D eigenvalue weighted by molar-refractivity contribution is -0.117. The Morgan fingerprint density at radius 2 is 2.14 bits per heavy atom. The highest BCUT2D eigenvalue weighted by atomic mass is 32.2. The van der Waals surface area contributed by atoms with Crippen molar-refractivity contribution in [3.8, 4) is 0 Å². The van der Waals surface area contributed by atoms with E-state index in [0.717, 1.165) is 20.9 Å². The third kappa shape index (κ3) is 2.06. The summed E-state index contributed by atoms with van der Waals surface area (Å²) in [5, 5.41) is 0.983. The molecule has 2 fully saturated rings. The van der Waals surface area contributed by atoms with Gasteiger partial charge in [0.1, 0.15) is 0 Å². The van der Waals surface area contributed by atoms with E-state index in [1.807, 2.05) is 25.1 Å². The van der Waals surface area contributed by atoms with E-state index in [2.05, 4.69) is 4.98 Å². The first-order valence-corrected chi connectivity index (χ1v) is 9.46. The van der Waals surface area contributed by atoms with Gasteiger partial charge in [-0.1, -0.05) is 0 Å². The second-order valence-corrected chi connectivity index (χ2v) is 9.15. The minimum Gasteiger partial charge on any atom is -0.308 e. The van der Waals surface area contributed by atoms with Crippen molar-refractivity contribution in [3.63, 3.8) is 0 Å². The third-order valence-electron chi connectivity index (χ3n) is 4.23. The highest BCUT2D eigenvalue weighted by Crippen LogP contribution is 2.38. The fraction of sp³-hybridized carbons (Fsp3) is 0.429. The highest BCUT2D eigenvalue weighted by molar-refractivity contribution is 7.91. The summed E-state index contributed by atoms with van der Waals surface area (Å²) in [4.78, 5) is 18.4. The molecule has 2 aliphatic rings. The van der Waals surface area contributed by atoms with Crippen LogP contribution in [0.15, 0.2) is 18.2 Å². The van der Waals surface area contributed by atoms with E-state index in [-0.39, 0.29) is 29.4 Å². The smallest absolute Gasteiger partial charge is 0.227 e. The molecule has 2 atom stereocenters. The van der Waals surface area contributed by atoms with E-state index in [1.54, 1.807) is 16.2 Å². The van der Waals surface area contributed by atoms with Gasteiger partial charge in [-0.2, -0.15) is 0 Å². The average molecular weight is 322 g/mol. The predicted octanol–water partition coefficient (Wildman–Crippen LogP) is 1.75. The Morgan fingerprint density at radius 3 is 2.95 bits per heavy atom. The summed E-state index contributed by atoms with van der Waals surface area (Å²) >= 11 is 1.58. The maximum absolute atomic E-state index is 12.3. The predicted molar refractivity (Wildman–Crippen MR) is 82.4 cm³/mol. The molecule has 0 saturated carbocycles. The summed E-state index contributed by atoms with van der Waals surface area (Å²) in [7, 11) is -3.01. The highest BCUT2D eigenvalue weighted by Gasteiger charge is 2.49. The number of sulfone groups is 1. The zero-order valence-corrected chi connectivity index (χ0v) is 13.1. The number of hydrogen-bond acceptors (Lipinski definition) is 5. The molecule has 2 aromatic rings. The Kier molecular flexibility index (Phi) is 2.68. The van der Waals surface area contributed by atoms with E-state index in [9.17, 15) is 13.2 Å². The van der Waals surface area contributed by atoms with Gasteiger partial charge in [0.15, 0.2) is 9.84 Å². The Hall–Kier alpha value is -1.47. The lowest BCUT2D eigenvalue weighted by Gasteiger charge is -2.23. The molecule has 0 spiro atoms. The Labute approximate surface area is 126 Å². The number of fused-ring (bicyclic) bond motifs is 2. The summed E-state index contributed by atoms with van der Waals surface area (Å²) in [6.07, 6.45) is 0.337. The van der Waals surface area contributed by atoms with Gasteiger partial charge in [-0.3, -0.25) is 4.79 Å². The topological polar surface area (TPSA) is 67.3 Å². The van der Waals surface area contributed by atoms with Gasteiger partial charge in [0.05, 0.1) is 32.8 Å². The first-order valence-electron chi connectivity index (χ1n) is 6.83. The van der Waals surface area contributed by atoms with Crippen LogP contribution in [-0.2, 0) is 14.6 Å². The van der Waals surface area contributed by atoms with Crippen LogP contribution in [0, 0.1) is 12.8 Å². The van der Waals surface area contributed by atoms with Crippen LogP contribution in [0.2, 0.25) is 0 Å². The van der Waals surface area contributed by atoms with Crippen LogP contribution < -0.4 is 4.90 Å². The summed E-state index contributed by atoms with van der Waals surface area (Å²) in [6, 6.07) is 5.52. The van der Waals surface area contributed by atoms with Gasteiger partial charge in [-0.15, -0.1) is 11.3 Å². The second-order valence-electron chi connectivity index (χ2n) is 5.76. The number of rotatable bonds is 1. The molecule has 1 aromatic heterocycles. The van der Waals surface area contributed by atoms with Gasteiger partial charge in [-0.05, 0) is 25.1 Å². The molecule has 0 bridgehead atoms. The van der Waals surface area contributed by atoms with E-state index in [1.165, 1.54) is 0 Å². The maximum Gasteiger partial charge on any atom is 0.227 e. The standard InChI is InChI=1S/C14H14N2O3S2/c1-8-15-11-3-2-10(5-13(11)20-8)16-12-7-21(18,19)6-9(12)4-14(16)17/h2-3,5,9,12H,4,6-7H2,1H3/t9-,12-/m0/s1. The molecule has 4 rings (SSSR count). The number of carbonyl (C=O) groups excluding carboxylic acids is 1. The number of thiazole rings is 1. The normalized spacial score (nSPS) is 27.5. The number of benzene rings is 1. The molecule has 0 aliphatic carbocycles. The monoisotopic (exact) mass is 322 g/mol. The van der Waals surface area contributed by atoms with Crippen molar-refractivity contribution in [2.24, 2.45) is 5.92 Å². The number of anilines is 1. The van der Waals surface area contributed by atoms with Crippen LogP contribution in [0.1, 0.15) is 11.4 Å². The summed E-state index contributed by atoms with van der Waals surface area (Å²) < 4.78 is 24.6. The number of amides is 1. The second kappa shape index (κ2) is 4.27. The van der Waals surface area contributed by atoms with Crippen LogP contribution in [0.5, 0.6) is 0 Å². The molecule has 0 radical (unpaired) electrons. The van der Waals surface area contributed by atoms with Gasteiger partial charge in [-0.25, -0.2) is 13.4 Å². The fourth-order valence-corrected chi connectivity index (χ4v) is 6.33. The zero-order valence-electron chi connectivity index (χ0n) is 11.4. The number of aromatic nitrogens is 1. The zero-order chi connectivity index (χ0) is 14.8. The molecule has 110 valence electrons. The molecule has 1 amide bonds. The SMILES string of the molecule is Cc1nc2ccc(N3C(=O)C[C@H]4CS(=O)(=O)C[C@@H]43)cc2s1. The molecule has 7 heteroatoms. The van der Waals surface area contributed by atoms with Crippen LogP contribution >= 0.6 is 11.3 Å². The number of aryl methyl sites for hydroxylation is 1. The lowest BCUT2D eigenvalue weighted by atomic mass is 10.0. The van der Waals surface area contributed by atoms with Gasteiger partial charge in [0.2, 0.25) is 5.91 Å². The van der Waals surface area contributed by atoms with Crippen LogP contribution in [0.25, 0.3) is 10.2 Å². The van der Waals surface area contributed by atoms with E-state index >= 15 is 0 Å². The quantitative estimate of drug-likeness (QED) is 0.802. The van der Waals surface area contributed by atoms with E-state index < -0.39 is 9.84 Å². The minimum atomic E-state index is -3.01. The number of nitrogens with zero attached hydrogens (tertiary/aromatic N) is 2. The van der Waals surface area contributed by atoms with Gasteiger partial charge in [0.25, 0.3) is 0 Å². The molecule has 5 nitrogen and oxygen atoms in total. The number of hydrogen-bond donors (Lipinski definition) is 0. The maximum atomic E-state index is 12.3. The van der Waals surface area contributed by atoms with Crippen molar-refractivity contribution in [2.75, 3.05) is 16.4 Å². The van der Waals surface area contributed by atoms with Crippen molar-refractivity contribution < 1.29 is 13.2 Å². The molecule has 2 saturated heterocycles. The van der Waals surface area contributed by atoms with Crippen molar-refractivity contribution in [1.29, 1.82) is 0 Å². The summed E-state index contributed by atoms with van der Waals surface area (Å²) in [5.41, 5.74) is 1.71. The summed E-state index contributed by atoms with van der Waals surface area (Å²) in [5.74, 6) is 0.201. The molecule has 0 unspecified atom stereocenters. The van der Waals surface area contributed by atoms with Crippen molar-refractivity contribution in [3.05, 3.63) is 23.2 Å². The van der Waals surface area contributed by atoms with E-state index in [4.69, 9.17) is 0 Å². The van der Waals surface area contributed by atoms with Crippen LogP contribution in [0.4, 0.5) is 5.69 Å². The molecular formula is C14H14N2O3S2. The first-order chi connectivity index (χ1) is 9.93. The van der Waals surface area contributed by atoms with Crippen LogP contribution in [-0.4, -0.2) is 36.9 Å². The van der Waals surface area contributed by atoms with Gasteiger partial charge >= 0.3 is 0 Å². The van der Waals surface area contributed by atoms with Crippen molar-refractivity contribution in [2.45, 2.75) is 19.4 Å². The molecule has 0 N–H and O–H groups in total. The molecule has 21 heavy (non-hydrogen) atoms. The van der Waals surface area contributed by atoms with Crippen LogP contribution in [0.3, 0.4) is 0 Å². The van der Waals surface area contributed by atoms with Gasteiger partial charge in [0, 0.05) is 18.0 Å². The minimum absolute atomic E-state index is 0.0282. The van der Waals surface area contributed by atoms with Crippen molar-refractivity contribution in [1.82, 2.24) is 4.98 Å². The Balaban J connectivity index is 1.78.